The van der Waals surface area contributed by atoms with Gasteiger partial charge in [0.15, 0.2) is 0 Å². The maximum Gasteiger partial charge on any atom is 0.223 e. The number of pyridine rings is 1. The molecule has 33 heavy (non-hydrogen) atoms. The smallest absolute Gasteiger partial charge is 0.223 e. The highest BCUT2D eigenvalue weighted by Crippen LogP contribution is 2.40. The average Bonchev–Trinajstić information content (AvgIpc) is 3.18. The molecular weight excluding hydrogens is 412 g/mol. The van der Waals surface area contributed by atoms with Gasteiger partial charge in [-0.2, -0.15) is 0 Å². The average molecular weight is 445 g/mol. The predicted molar refractivity (Wildman–Crippen MR) is 131 cm³/mol. The van der Waals surface area contributed by atoms with Crippen molar-refractivity contribution in [2.45, 2.75) is 58.7 Å². The fourth-order valence-corrected chi connectivity index (χ4v) is 5.13. The molecule has 2 aliphatic rings. The van der Waals surface area contributed by atoms with E-state index in [1.165, 1.54) is 11.1 Å². The Morgan fingerprint density at radius 3 is 2.82 bits per heavy atom. The molecule has 2 atom stereocenters. The van der Waals surface area contributed by atoms with Crippen LogP contribution in [0.15, 0.2) is 42.5 Å². The summed E-state index contributed by atoms with van der Waals surface area (Å²) in [5, 5.41) is 4.26. The van der Waals surface area contributed by atoms with Crippen LogP contribution < -0.4 is 10.1 Å². The van der Waals surface area contributed by atoms with Crippen molar-refractivity contribution in [3.63, 3.8) is 0 Å². The lowest BCUT2D eigenvalue weighted by Gasteiger charge is -2.34. The van der Waals surface area contributed by atoms with Gasteiger partial charge in [-0.25, -0.2) is 0 Å². The molecule has 5 heteroatoms. The molecule has 3 aromatic rings. The molecule has 0 bridgehead atoms. The Labute approximate surface area is 195 Å². The molecular formula is C28H32N2O3. The van der Waals surface area contributed by atoms with Crippen molar-refractivity contribution in [2.24, 2.45) is 5.92 Å². The minimum absolute atomic E-state index is 0.00480. The second kappa shape index (κ2) is 8.45. The van der Waals surface area contributed by atoms with Crippen molar-refractivity contribution in [3.8, 4) is 16.9 Å². The van der Waals surface area contributed by atoms with Gasteiger partial charge in [0.25, 0.3) is 0 Å². The number of rotatable bonds is 4. The first kappa shape index (κ1) is 21.9. The zero-order chi connectivity index (χ0) is 23.2. The van der Waals surface area contributed by atoms with E-state index < -0.39 is 0 Å². The normalized spacial score (nSPS) is 21.5. The number of aromatic nitrogens is 1. The summed E-state index contributed by atoms with van der Waals surface area (Å²) >= 11 is 0. The molecule has 1 amide bonds. The first-order valence-corrected chi connectivity index (χ1v) is 11.9. The molecule has 1 N–H and O–H groups in total. The van der Waals surface area contributed by atoms with Crippen molar-refractivity contribution in [2.75, 3.05) is 13.2 Å². The van der Waals surface area contributed by atoms with Gasteiger partial charge in [-0.05, 0) is 81.5 Å². The lowest BCUT2D eigenvalue weighted by atomic mass is 9.88. The maximum atomic E-state index is 12.8. The number of carbonyl (C=O) groups excluding carboxylic acids is 1. The second-order valence-corrected chi connectivity index (χ2v) is 10.1. The molecule has 0 unspecified atom stereocenters. The molecule has 172 valence electrons. The van der Waals surface area contributed by atoms with Crippen LogP contribution in [0.2, 0.25) is 0 Å². The van der Waals surface area contributed by atoms with Crippen LogP contribution in [0.4, 0.5) is 0 Å². The summed E-state index contributed by atoms with van der Waals surface area (Å²) in [6.45, 7) is 9.40. The van der Waals surface area contributed by atoms with Gasteiger partial charge in [-0.1, -0.05) is 18.2 Å². The molecule has 0 spiro atoms. The minimum atomic E-state index is -0.235. The highest BCUT2D eigenvalue weighted by Gasteiger charge is 2.34. The molecule has 2 aliphatic heterocycles. The van der Waals surface area contributed by atoms with E-state index in [0.29, 0.717) is 13.2 Å². The summed E-state index contributed by atoms with van der Waals surface area (Å²) in [4.78, 5) is 17.4. The topological polar surface area (TPSA) is 60.5 Å². The third-order valence-electron chi connectivity index (χ3n) is 6.75. The third kappa shape index (κ3) is 4.60. The molecule has 5 nitrogen and oxygen atoms in total. The fraction of sp³-hybridized carbons (Fsp3) is 0.429. The highest BCUT2D eigenvalue weighted by molar-refractivity contribution is 5.86. The van der Waals surface area contributed by atoms with Crippen LogP contribution in [0.3, 0.4) is 0 Å². The SMILES string of the molecule is Cc1cc2c(c(-c3ccc4nc(C)ccc4c3)c1)O[C@@H](CNC(=O)[C@H]1CCOC(C)(C)C1)C2. The Bertz CT molecular complexity index is 1220. The van der Waals surface area contributed by atoms with E-state index in [1.54, 1.807) is 0 Å². The number of carbonyl (C=O) groups is 1. The molecule has 1 aromatic heterocycles. The Balaban J connectivity index is 1.32. The van der Waals surface area contributed by atoms with E-state index in [9.17, 15) is 4.79 Å². The number of nitrogens with one attached hydrogen (secondary N) is 1. The zero-order valence-electron chi connectivity index (χ0n) is 19.9. The standard InChI is InChI=1S/C28H32N2O3/c1-17-11-22-14-23(16-29-27(31)21-9-10-32-28(3,4)15-21)33-26(22)24(12-17)19-7-8-25-20(13-19)6-5-18(2)30-25/h5-8,11-13,21,23H,9-10,14-16H2,1-4H3,(H,29,31)/t21-,23+/m0/s1. The molecule has 1 saturated heterocycles. The maximum absolute atomic E-state index is 12.8. The molecule has 0 saturated carbocycles. The largest absolute Gasteiger partial charge is 0.487 e. The van der Waals surface area contributed by atoms with E-state index >= 15 is 0 Å². The summed E-state index contributed by atoms with van der Waals surface area (Å²) in [7, 11) is 0. The number of hydrogen-bond acceptors (Lipinski definition) is 4. The Kier molecular flexibility index (Phi) is 5.61. The van der Waals surface area contributed by atoms with Gasteiger partial charge in [-0.3, -0.25) is 9.78 Å². The molecule has 0 aliphatic carbocycles. The summed E-state index contributed by atoms with van der Waals surface area (Å²) in [6, 6.07) is 14.9. The number of hydrogen-bond donors (Lipinski definition) is 1. The highest BCUT2D eigenvalue weighted by atomic mass is 16.5. The van der Waals surface area contributed by atoms with Crippen LogP contribution in [0.1, 0.15) is 43.5 Å². The van der Waals surface area contributed by atoms with Gasteiger partial charge in [0, 0.05) is 35.6 Å². The number of nitrogens with zero attached hydrogens (tertiary/aromatic N) is 1. The van der Waals surface area contributed by atoms with Crippen molar-refractivity contribution in [1.82, 2.24) is 10.3 Å². The first-order valence-electron chi connectivity index (χ1n) is 11.9. The van der Waals surface area contributed by atoms with Gasteiger partial charge in [-0.15, -0.1) is 0 Å². The lowest BCUT2D eigenvalue weighted by Crippen LogP contribution is -2.43. The van der Waals surface area contributed by atoms with Gasteiger partial charge in [0.1, 0.15) is 11.9 Å². The third-order valence-corrected chi connectivity index (χ3v) is 6.75. The summed E-state index contributed by atoms with van der Waals surface area (Å²) in [5.74, 6) is 1.05. The van der Waals surface area contributed by atoms with Crippen molar-refractivity contribution in [3.05, 3.63) is 59.3 Å². The number of benzene rings is 2. The van der Waals surface area contributed by atoms with Crippen LogP contribution >= 0.6 is 0 Å². The number of amides is 1. The summed E-state index contributed by atoms with van der Waals surface area (Å²) in [6.07, 6.45) is 2.28. The molecule has 5 rings (SSSR count). The van der Waals surface area contributed by atoms with Crippen LogP contribution in [-0.2, 0) is 16.0 Å². The van der Waals surface area contributed by atoms with Crippen molar-refractivity contribution >= 4 is 16.8 Å². The van der Waals surface area contributed by atoms with Crippen molar-refractivity contribution < 1.29 is 14.3 Å². The van der Waals surface area contributed by atoms with Gasteiger partial charge in [0.2, 0.25) is 5.91 Å². The quantitative estimate of drug-likeness (QED) is 0.605. The molecule has 1 fully saturated rings. The Morgan fingerprint density at radius 1 is 1.15 bits per heavy atom. The number of ether oxygens (including phenoxy) is 2. The van der Waals surface area contributed by atoms with Gasteiger partial charge < -0.3 is 14.8 Å². The zero-order valence-corrected chi connectivity index (χ0v) is 19.9. The van der Waals surface area contributed by atoms with Crippen molar-refractivity contribution in [1.29, 1.82) is 0 Å². The van der Waals surface area contributed by atoms with E-state index in [4.69, 9.17) is 9.47 Å². The van der Waals surface area contributed by atoms with E-state index in [1.807, 2.05) is 13.0 Å². The monoisotopic (exact) mass is 444 g/mol. The minimum Gasteiger partial charge on any atom is -0.487 e. The van der Waals surface area contributed by atoms with Crippen LogP contribution in [0.25, 0.3) is 22.0 Å². The number of fused-ring (bicyclic) bond motifs is 2. The fourth-order valence-electron chi connectivity index (χ4n) is 5.13. The first-order chi connectivity index (χ1) is 15.8. The molecule has 2 aromatic carbocycles. The Hall–Kier alpha value is -2.92. The van der Waals surface area contributed by atoms with Crippen LogP contribution in [0, 0.1) is 19.8 Å². The second-order valence-electron chi connectivity index (χ2n) is 10.1. The van der Waals surface area contributed by atoms with Gasteiger partial charge in [0.05, 0.1) is 17.7 Å². The van der Waals surface area contributed by atoms with Crippen LogP contribution in [-0.4, -0.2) is 35.7 Å². The van der Waals surface area contributed by atoms with Gasteiger partial charge >= 0.3 is 0 Å². The van der Waals surface area contributed by atoms with E-state index in [0.717, 1.165) is 52.7 Å². The molecule has 0 radical (unpaired) electrons. The summed E-state index contributed by atoms with van der Waals surface area (Å²) in [5.41, 5.74) is 6.43. The predicted octanol–water partition coefficient (Wildman–Crippen LogP) is 5.14. The van der Waals surface area contributed by atoms with E-state index in [2.05, 4.69) is 67.5 Å². The molecule has 3 heterocycles. The lowest BCUT2D eigenvalue weighted by molar-refractivity contribution is -0.135. The number of aryl methyl sites for hydroxylation is 2. The van der Waals surface area contributed by atoms with Crippen LogP contribution in [0.5, 0.6) is 5.75 Å². The summed E-state index contributed by atoms with van der Waals surface area (Å²) < 4.78 is 12.2. The Morgan fingerprint density at radius 2 is 2.00 bits per heavy atom. The van der Waals surface area contributed by atoms with E-state index in [-0.39, 0.29) is 23.5 Å².